The summed E-state index contributed by atoms with van der Waals surface area (Å²) in [6.45, 7) is 9.04. The lowest BCUT2D eigenvalue weighted by atomic mass is 10.1. The van der Waals surface area contributed by atoms with Gasteiger partial charge in [0, 0.05) is 6.61 Å². The number of carbonyl (C=O) groups is 1. The Morgan fingerprint density at radius 3 is 1.87 bits per heavy atom. The molecule has 31 heavy (non-hydrogen) atoms. The van der Waals surface area contributed by atoms with E-state index >= 15 is 0 Å². The summed E-state index contributed by atoms with van der Waals surface area (Å²) in [5.41, 5.74) is 5.49. The lowest BCUT2D eigenvalue weighted by Crippen LogP contribution is -2.38. The zero-order valence-electron chi connectivity index (χ0n) is 21.3. The molecule has 0 aliphatic rings. The Morgan fingerprint density at radius 1 is 0.774 bits per heavy atom. The lowest BCUT2D eigenvalue weighted by Gasteiger charge is -2.17. The van der Waals surface area contributed by atoms with Gasteiger partial charge in [-0.3, -0.25) is 4.79 Å². The molecule has 4 N–H and O–H groups in total. The summed E-state index contributed by atoms with van der Waals surface area (Å²) >= 11 is 0. The van der Waals surface area contributed by atoms with Gasteiger partial charge in [-0.15, -0.1) is 0 Å². The van der Waals surface area contributed by atoms with E-state index in [1.165, 1.54) is 44.9 Å². The zero-order chi connectivity index (χ0) is 23.4. The van der Waals surface area contributed by atoms with Gasteiger partial charge in [0.15, 0.2) is 0 Å². The van der Waals surface area contributed by atoms with Crippen LogP contribution in [0.15, 0.2) is 0 Å². The quantitative estimate of drug-likeness (QED) is 0.138. The molecular formula is C26H56N2O3. The summed E-state index contributed by atoms with van der Waals surface area (Å²) in [5, 5.41) is 11.5. The first kappa shape index (κ1) is 32.5. The molecule has 0 aromatic heterocycles. The first-order chi connectivity index (χ1) is 15.2. The molecule has 0 fully saturated rings. The highest BCUT2D eigenvalue weighted by Crippen LogP contribution is 2.09. The van der Waals surface area contributed by atoms with Crippen molar-refractivity contribution in [2.24, 2.45) is 5.73 Å². The van der Waals surface area contributed by atoms with Gasteiger partial charge >= 0.3 is 5.97 Å². The van der Waals surface area contributed by atoms with Gasteiger partial charge in [-0.05, 0) is 45.2 Å². The van der Waals surface area contributed by atoms with Gasteiger partial charge in [0.1, 0.15) is 6.04 Å². The summed E-state index contributed by atoms with van der Waals surface area (Å²) in [6, 6.07) is -0.122. The van der Waals surface area contributed by atoms with Gasteiger partial charge in [-0.25, -0.2) is 0 Å². The van der Waals surface area contributed by atoms with Crippen molar-refractivity contribution in [2.45, 2.75) is 136 Å². The number of nitrogens with one attached hydrogen (secondary N) is 1. The maximum absolute atomic E-state index is 12.3. The topological polar surface area (TPSA) is 84.6 Å². The normalized spacial score (nSPS) is 11.6. The van der Waals surface area contributed by atoms with Crippen LogP contribution in [0.1, 0.15) is 130 Å². The molecule has 0 aliphatic heterocycles. The Bertz CT molecular complexity index is 339. The maximum Gasteiger partial charge on any atom is 0.323 e. The molecule has 0 radical (unpaired) electrons. The molecule has 0 saturated carbocycles. The number of unbranched alkanes of at least 4 members (excludes halogenated alkanes) is 12. The van der Waals surface area contributed by atoms with Crippen LogP contribution in [0.5, 0.6) is 0 Å². The maximum atomic E-state index is 12.3. The van der Waals surface area contributed by atoms with Crippen molar-refractivity contribution in [2.75, 3.05) is 26.3 Å². The third-order valence-corrected chi connectivity index (χ3v) is 5.41. The third kappa shape index (κ3) is 27.3. The highest BCUT2D eigenvalue weighted by molar-refractivity contribution is 5.75. The second-order valence-electron chi connectivity index (χ2n) is 8.57. The number of carbonyl (C=O) groups excluding carboxylic acids is 1. The van der Waals surface area contributed by atoms with Gasteiger partial charge in [-0.2, -0.15) is 0 Å². The molecule has 0 amide bonds. The molecule has 188 valence electrons. The Balaban J connectivity index is 0. The van der Waals surface area contributed by atoms with Crippen molar-refractivity contribution >= 4 is 5.97 Å². The van der Waals surface area contributed by atoms with Crippen LogP contribution in [0, 0.1) is 0 Å². The standard InChI is InChI=1S/C22H46N2O2.C4H10O/c1-3-5-7-8-9-10-12-15-19-24-21(17-6-4-2)22(25)26-20-16-13-11-14-18-23;1-2-3-4-5/h21,24H,3-20,23H2,1-2H3;5H,2-4H2,1H3. The number of nitrogens with two attached hydrogens (primary N) is 1. The average molecular weight is 445 g/mol. The number of esters is 1. The predicted octanol–water partition coefficient (Wildman–Crippen LogP) is 6.12. The number of aliphatic hydroxyl groups excluding tert-OH is 1. The first-order valence-electron chi connectivity index (χ1n) is 13.4. The summed E-state index contributed by atoms with van der Waals surface area (Å²) < 4.78 is 5.48. The number of hydrogen-bond acceptors (Lipinski definition) is 5. The van der Waals surface area contributed by atoms with Crippen LogP contribution in [-0.2, 0) is 9.53 Å². The Morgan fingerprint density at radius 2 is 1.32 bits per heavy atom. The summed E-state index contributed by atoms with van der Waals surface area (Å²) in [5.74, 6) is -0.0585. The van der Waals surface area contributed by atoms with Crippen LogP contribution in [0.4, 0.5) is 0 Å². The second kappa shape index (κ2) is 29.4. The van der Waals surface area contributed by atoms with Crippen LogP contribution < -0.4 is 11.1 Å². The number of rotatable bonds is 22. The fourth-order valence-electron chi connectivity index (χ4n) is 3.28. The van der Waals surface area contributed by atoms with E-state index in [2.05, 4.69) is 26.1 Å². The number of ether oxygens (including phenoxy) is 1. The minimum Gasteiger partial charge on any atom is -0.465 e. The van der Waals surface area contributed by atoms with Crippen molar-refractivity contribution in [1.82, 2.24) is 5.32 Å². The lowest BCUT2D eigenvalue weighted by molar-refractivity contribution is -0.146. The molecule has 0 aromatic rings. The van der Waals surface area contributed by atoms with Crippen molar-refractivity contribution < 1.29 is 14.6 Å². The van der Waals surface area contributed by atoms with E-state index in [0.29, 0.717) is 13.2 Å². The van der Waals surface area contributed by atoms with E-state index in [-0.39, 0.29) is 12.0 Å². The highest BCUT2D eigenvalue weighted by atomic mass is 16.5. The van der Waals surface area contributed by atoms with Gasteiger partial charge in [0.05, 0.1) is 6.61 Å². The Hall–Kier alpha value is -0.650. The van der Waals surface area contributed by atoms with E-state index in [0.717, 1.165) is 77.3 Å². The van der Waals surface area contributed by atoms with Gasteiger partial charge in [0.25, 0.3) is 0 Å². The first-order valence-corrected chi connectivity index (χ1v) is 13.4. The van der Waals surface area contributed by atoms with Crippen LogP contribution in [0.3, 0.4) is 0 Å². The third-order valence-electron chi connectivity index (χ3n) is 5.41. The molecule has 0 saturated heterocycles. The van der Waals surface area contributed by atoms with Crippen molar-refractivity contribution in [1.29, 1.82) is 0 Å². The van der Waals surface area contributed by atoms with Gasteiger partial charge in [-0.1, -0.05) is 97.8 Å². The fraction of sp³-hybridized carbons (Fsp3) is 0.962. The second-order valence-corrected chi connectivity index (χ2v) is 8.57. The molecule has 1 unspecified atom stereocenters. The highest BCUT2D eigenvalue weighted by Gasteiger charge is 2.18. The van der Waals surface area contributed by atoms with E-state index in [4.69, 9.17) is 15.6 Å². The smallest absolute Gasteiger partial charge is 0.323 e. The van der Waals surface area contributed by atoms with Crippen LogP contribution >= 0.6 is 0 Å². The predicted molar refractivity (Wildman–Crippen MR) is 134 cm³/mol. The summed E-state index contributed by atoms with van der Waals surface area (Å²) in [4.78, 5) is 12.3. The van der Waals surface area contributed by atoms with Crippen LogP contribution in [0.25, 0.3) is 0 Å². The molecule has 5 nitrogen and oxygen atoms in total. The van der Waals surface area contributed by atoms with Crippen molar-refractivity contribution in [3.8, 4) is 0 Å². The van der Waals surface area contributed by atoms with E-state index in [1.807, 2.05) is 0 Å². The molecule has 0 aliphatic carbocycles. The van der Waals surface area contributed by atoms with Gasteiger partial charge < -0.3 is 20.9 Å². The molecule has 0 heterocycles. The molecule has 0 spiro atoms. The number of hydrogen-bond donors (Lipinski definition) is 3. The molecule has 0 aromatic carbocycles. The Labute approximate surface area is 194 Å². The molecule has 5 heteroatoms. The van der Waals surface area contributed by atoms with E-state index < -0.39 is 0 Å². The van der Waals surface area contributed by atoms with E-state index in [1.54, 1.807) is 0 Å². The SMILES string of the molecule is CCCCCCCCCCNC(CCCC)C(=O)OCCCCCCN.CCCCO. The summed E-state index contributed by atoms with van der Waals surface area (Å²) in [6.07, 6.45) is 19.9. The Kier molecular flexibility index (Phi) is 30.8. The van der Waals surface area contributed by atoms with E-state index in [9.17, 15) is 4.79 Å². The molecule has 0 bridgehead atoms. The minimum atomic E-state index is -0.122. The summed E-state index contributed by atoms with van der Waals surface area (Å²) in [7, 11) is 0. The zero-order valence-corrected chi connectivity index (χ0v) is 21.3. The minimum absolute atomic E-state index is 0.0585. The number of aliphatic hydroxyl groups is 1. The van der Waals surface area contributed by atoms with Crippen LogP contribution in [-0.4, -0.2) is 43.4 Å². The molecular weight excluding hydrogens is 388 g/mol. The van der Waals surface area contributed by atoms with Crippen molar-refractivity contribution in [3.05, 3.63) is 0 Å². The van der Waals surface area contributed by atoms with Gasteiger partial charge in [0.2, 0.25) is 0 Å². The largest absolute Gasteiger partial charge is 0.465 e. The van der Waals surface area contributed by atoms with Crippen molar-refractivity contribution in [3.63, 3.8) is 0 Å². The fourth-order valence-corrected chi connectivity index (χ4v) is 3.28. The molecule has 1 atom stereocenters. The van der Waals surface area contributed by atoms with Crippen LogP contribution in [0.2, 0.25) is 0 Å². The monoisotopic (exact) mass is 444 g/mol. The average Bonchev–Trinajstić information content (AvgIpc) is 2.78. The molecule has 0 rings (SSSR count).